The second-order valence-electron chi connectivity index (χ2n) is 5.66. The average Bonchev–Trinajstić information content (AvgIpc) is 3.34. The first-order valence-electron chi connectivity index (χ1n) is 7.53. The maximum Gasteiger partial charge on any atom is 0.251 e. The molecular formula is C15H23N3O4S. The van der Waals surface area contributed by atoms with Crippen LogP contribution in [0.3, 0.4) is 0 Å². The Kier molecular flexibility index (Phi) is 5.61. The average molecular weight is 341 g/mol. The van der Waals surface area contributed by atoms with Crippen molar-refractivity contribution in [3.05, 3.63) is 23.8 Å². The van der Waals surface area contributed by atoms with E-state index in [4.69, 9.17) is 4.74 Å². The fraction of sp³-hybridized carbons (Fsp3) is 0.533. The molecule has 8 heteroatoms. The van der Waals surface area contributed by atoms with Gasteiger partial charge in [0.2, 0.25) is 10.0 Å². The van der Waals surface area contributed by atoms with Crippen LogP contribution in [0.2, 0.25) is 0 Å². The van der Waals surface area contributed by atoms with Crippen LogP contribution in [0.15, 0.2) is 23.1 Å². The zero-order chi connectivity index (χ0) is 17.0. The number of likely N-dealkylation sites (N-methyl/N-ethyl adjacent to an activating group) is 1. The van der Waals surface area contributed by atoms with Crippen LogP contribution in [-0.4, -0.2) is 47.1 Å². The quantitative estimate of drug-likeness (QED) is 0.639. The number of nitrogens with one attached hydrogen (secondary N) is 3. The fourth-order valence-electron chi connectivity index (χ4n) is 1.96. The van der Waals surface area contributed by atoms with Crippen molar-refractivity contribution in [3.8, 4) is 5.75 Å². The van der Waals surface area contributed by atoms with E-state index < -0.39 is 10.0 Å². The molecule has 0 radical (unpaired) electrons. The standard InChI is InChI=1S/C15H23N3O4S/c1-10(16-2)9-17-15(19)11-4-7-13(22-3)14(8-11)23(20,21)18-12-5-6-12/h4,7-8,10,12,16,18H,5-6,9H2,1-3H3,(H,17,19). The van der Waals surface area contributed by atoms with Crippen LogP contribution in [0.25, 0.3) is 0 Å². The van der Waals surface area contributed by atoms with Crippen molar-refractivity contribution in [1.29, 1.82) is 0 Å². The lowest BCUT2D eigenvalue weighted by Crippen LogP contribution is -2.37. The predicted octanol–water partition coefficient (Wildman–Crippen LogP) is 0.474. The molecule has 23 heavy (non-hydrogen) atoms. The summed E-state index contributed by atoms with van der Waals surface area (Å²) >= 11 is 0. The highest BCUT2D eigenvalue weighted by atomic mass is 32.2. The molecule has 0 heterocycles. The SMILES string of the molecule is CNC(C)CNC(=O)c1ccc(OC)c(S(=O)(=O)NC2CC2)c1. The highest BCUT2D eigenvalue weighted by Gasteiger charge is 2.30. The van der Waals surface area contributed by atoms with Crippen LogP contribution in [0.4, 0.5) is 0 Å². The molecule has 0 saturated heterocycles. The van der Waals surface area contributed by atoms with Crippen molar-refractivity contribution < 1.29 is 17.9 Å². The van der Waals surface area contributed by atoms with Gasteiger partial charge in [0.25, 0.3) is 5.91 Å². The Balaban J connectivity index is 2.22. The number of sulfonamides is 1. The highest BCUT2D eigenvalue weighted by molar-refractivity contribution is 7.89. The van der Waals surface area contributed by atoms with Crippen LogP contribution >= 0.6 is 0 Å². The minimum absolute atomic E-state index is 0.0128. The lowest BCUT2D eigenvalue weighted by atomic mass is 10.2. The van der Waals surface area contributed by atoms with Gasteiger partial charge in [-0.05, 0) is 45.0 Å². The molecule has 1 fully saturated rings. The van der Waals surface area contributed by atoms with E-state index in [1.165, 1.54) is 19.2 Å². The first kappa shape index (κ1) is 17.7. The van der Waals surface area contributed by atoms with Gasteiger partial charge in [0.15, 0.2) is 0 Å². The molecule has 0 aliphatic heterocycles. The monoisotopic (exact) mass is 341 g/mol. The summed E-state index contributed by atoms with van der Waals surface area (Å²) in [4.78, 5) is 12.2. The minimum Gasteiger partial charge on any atom is -0.495 e. The topological polar surface area (TPSA) is 96.5 Å². The van der Waals surface area contributed by atoms with Crippen LogP contribution in [0, 0.1) is 0 Å². The number of ether oxygens (including phenoxy) is 1. The zero-order valence-corrected chi connectivity index (χ0v) is 14.4. The second kappa shape index (κ2) is 7.29. The lowest BCUT2D eigenvalue weighted by Gasteiger charge is -2.14. The maximum atomic E-state index is 12.4. The largest absolute Gasteiger partial charge is 0.495 e. The van der Waals surface area contributed by atoms with Gasteiger partial charge in [-0.2, -0.15) is 0 Å². The third kappa shape index (κ3) is 4.66. The normalized spacial score (nSPS) is 16.0. The molecule has 1 unspecified atom stereocenters. The third-order valence-corrected chi connectivity index (χ3v) is 5.22. The van der Waals surface area contributed by atoms with Gasteiger partial charge < -0.3 is 15.4 Å². The number of carbonyl (C=O) groups is 1. The van der Waals surface area contributed by atoms with Crippen LogP contribution in [0.5, 0.6) is 5.75 Å². The number of benzene rings is 1. The first-order valence-corrected chi connectivity index (χ1v) is 9.01. The van der Waals surface area contributed by atoms with E-state index in [2.05, 4.69) is 15.4 Å². The Morgan fingerprint density at radius 3 is 2.65 bits per heavy atom. The Morgan fingerprint density at radius 1 is 1.39 bits per heavy atom. The number of carbonyl (C=O) groups excluding carboxylic acids is 1. The molecular weight excluding hydrogens is 318 g/mol. The maximum absolute atomic E-state index is 12.4. The Labute approximate surface area is 136 Å². The Hall–Kier alpha value is -1.64. The molecule has 1 atom stereocenters. The van der Waals surface area contributed by atoms with Crippen LogP contribution in [0.1, 0.15) is 30.1 Å². The smallest absolute Gasteiger partial charge is 0.251 e. The van der Waals surface area contributed by atoms with Gasteiger partial charge in [0, 0.05) is 24.2 Å². The third-order valence-electron chi connectivity index (χ3n) is 3.68. The number of rotatable bonds is 8. The summed E-state index contributed by atoms with van der Waals surface area (Å²) in [6.45, 7) is 2.38. The molecule has 1 aromatic rings. The summed E-state index contributed by atoms with van der Waals surface area (Å²) in [6.07, 6.45) is 1.67. The molecule has 3 N–H and O–H groups in total. The van der Waals surface area contributed by atoms with Gasteiger partial charge in [-0.15, -0.1) is 0 Å². The van der Waals surface area contributed by atoms with Crippen molar-refractivity contribution in [2.24, 2.45) is 0 Å². The van der Waals surface area contributed by atoms with Crippen molar-refractivity contribution in [3.63, 3.8) is 0 Å². The lowest BCUT2D eigenvalue weighted by molar-refractivity contribution is 0.0950. The van der Waals surface area contributed by atoms with E-state index in [1.807, 2.05) is 6.92 Å². The molecule has 0 bridgehead atoms. The van der Waals surface area contributed by atoms with Gasteiger partial charge >= 0.3 is 0 Å². The number of hydrogen-bond donors (Lipinski definition) is 3. The first-order chi connectivity index (χ1) is 10.9. The summed E-state index contributed by atoms with van der Waals surface area (Å²) in [5, 5.41) is 5.77. The van der Waals surface area contributed by atoms with Crippen molar-refractivity contribution in [2.75, 3.05) is 20.7 Å². The molecule has 1 aromatic carbocycles. The predicted molar refractivity (Wildman–Crippen MR) is 87.2 cm³/mol. The van der Waals surface area contributed by atoms with Crippen molar-refractivity contribution in [1.82, 2.24) is 15.4 Å². The fourth-order valence-corrected chi connectivity index (χ4v) is 3.46. The molecule has 7 nitrogen and oxygen atoms in total. The summed E-state index contributed by atoms with van der Waals surface area (Å²) in [6, 6.07) is 4.51. The number of hydrogen-bond acceptors (Lipinski definition) is 5. The molecule has 0 aromatic heterocycles. The molecule has 128 valence electrons. The van der Waals surface area contributed by atoms with E-state index in [0.29, 0.717) is 6.54 Å². The van der Waals surface area contributed by atoms with E-state index in [1.54, 1.807) is 13.1 Å². The number of amides is 1. The minimum atomic E-state index is -3.70. The van der Waals surface area contributed by atoms with Crippen molar-refractivity contribution in [2.45, 2.75) is 36.7 Å². The summed E-state index contributed by atoms with van der Waals surface area (Å²) in [7, 11) is -0.492. The van der Waals surface area contributed by atoms with E-state index >= 15 is 0 Å². The van der Waals surface area contributed by atoms with Crippen LogP contribution < -0.4 is 20.1 Å². The van der Waals surface area contributed by atoms with Gasteiger partial charge in [-0.1, -0.05) is 0 Å². The summed E-state index contributed by atoms with van der Waals surface area (Å²) in [5.41, 5.74) is 0.283. The molecule has 1 amide bonds. The second-order valence-corrected chi connectivity index (χ2v) is 7.34. The van der Waals surface area contributed by atoms with Crippen LogP contribution in [-0.2, 0) is 10.0 Å². The van der Waals surface area contributed by atoms with E-state index in [9.17, 15) is 13.2 Å². The Bertz CT molecular complexity index is 671. The van der Waals surface area contributed by atoms with Gasteiger partial charge in [0.05, 0.1) is 7.11 Å². The molecule has 1 aliphatic carbocycles. The van der Waals surface area contributed by atoms with E-state index in [0.717, 1.165) is 12.8 Å². The number of methoxy groups -OCH3 is 1. The molecule has 1 saturated carbocycles. The summed E-state index contributed by atoms with van der Waals surface area (Å²) < 4.78 is 32.6. The Morgan fingerprint density at radius 2 is 2.09 bits per heavy atom. The van der Waals surface area contributed by atoms with E-state index in [-0.39, 0.29) is 34.2 Å². The molecule has 0 spiro atoms. The van der Waals surface area contributed by atoms with Gasteiger partial charge in [0.1, 0.15) is 10.6 Å². The van der Waals surface area contributed by atoms with Gasteiger partial charge in [-0.3, -0.25) is 4.79 Å². The summed E-state index contributed by atoms with van der Waals surface area (Å²) in [5.74, 6) is -0.101. The van der Waals surface area contributed by atoms with Gasteiger partial charge in [-0.25, -0.2) is 13.1 Å². The van der Waals surface area contributed by atoms with Crippen molar-refractivity contribution >= 4 is 15.9 Å². The molecule has 2 rings (SSSR count). The molecule has 1 aliphatic rings. The zero-order valence-electron chi connectivity index (χ0n) is 13.5. The highest BCUT2D eigenvalue weighted by Crippen LogP contribution is 2.28.